The Morgan fingerprint density at radius 3 is 2.68 bits per heavy atom. The molecule has 2 rings (SSSR count). The molecule has 0 saturated heterocycles. The van der Waals surface area contributed by atoms with Gasteiger partial charge in [0.2, 0.25) is 0 Å². The van der Waals surface area contributed by atoms with E-state index in [0.717, 1.165) is 5.56 Å². The lowest BCUT2D eigenvalue weighted by Crippen LogP contribution is -2.40. The van der Waals surface area contributed by atoms with Crippen LogP contribution in [0.5, 0.6) is 0 Å². The molecule has 102 valence electrons. The standard InChI is InChI=1S/C11H13N3O4S/c1-9-2-3-11(19(16,17)18)10(8-9)14(6-7-15)5-4-12-13-14/h2-5,8,15H,6-7H2,1H3. The van der Waals surface area contributed by atoms with Gasteiger partial charge >= 0.3 is 0 Å². The zero-order valence-corrected chi connectivity index (χ0v) is 11.0. The highest BCUT2D eigenvalue weighted by Gasteiger charge is 2.36. The van der Waals surface area contributed by atoms with Crippen molar-refractivity contribution < 1.29 is 18.1 Å². The summed E-state index contributed by atoms with van der Waals surface area (Å²) in [5.74, 6) is 0. The average molecular weight is 283 g/mol. The monoisotopic (exact) mass is 283 g/mol. The Kier molecular flexibility index (Phi) is 3.50. The van der Waals surface area contributed by atoms with Crippen molar-refractivity contribution >= 4 is 15.8 Å². The predicted molar refractivity (Wildman–Crippen MR) is 66.9 cm³/mol. The molecule has 0 radical (unpaired) electrons. The molecule has 0 aromatic heterocycles. The van der Waals surface area contributed by atoms with Crippen LogP contribution in [0.1, 0.15) is 5.56 Å². The number of benzene rings is 1. The van der Waals surface area contributed by atoms with Crippen molar-refractivity contribution in [2.75, 3.05) is 13.2 Å². The van der Waals surface area contributed by atoms with Crippen molar-refractivity contribution in [3.63, 3.8) is 0 Å². The van der Waals surface area contributed by atoms with E-state index >= 15 is 0 Å². The number of quaternary nitrogens is 1. The van der Waals surface area contributed by atoms with Gasteiger partial charge in [-0.05, 0) is 18.6 Å². The number of aliphatic hydroxyl groups excluding tert-OH is 1. The lowest BCUT2D eigenvalue weighted by atomic mass is 10.2. The maximum absolute atomic E-state index is 11.3. The van der Waals surface area contributed by atoms with Crippen molar-refractivity contribution in [3.05, 3.63) is 36.2 Å². The Hall–Kier alpha value is -1.61. The van der Waals surface area contributed by atoms with Gasteiger partial charge in [0, 0.05) is 11.3 Å². The highest BCUT2D eigenvalue weighted by atomic mass is 32.2. The third-order valence-electron chi connectivity index (χ3n) is 2.83. The van der Waals surface area contributed by atoms with Crippen LogP contribution in [0.15, 0.2) is 45.8 Å². The van der Waals surface area contributed by atoms with Crippen molar-refractivity contribution in [1.82, 2.24) is 4.59 Å². The molecule has 7 nitrogen and oxygen atoms in total. The fourth-order valence-electron chi connectivity index (χ4n) is 1.95. The molecule has 1 N–H and O–H groups in total. The van der Waals surface area contributed by atoms with Gasteiger partial charge in [0.15, 0.2) is 5.69 Å². The molecule has 19 heavy (non-hydrogen) atoms. The van der Waals surface area contributed by atoms with E-state index in [1.54, 1.807) is 19.1 Å². The molecule has 0 amide bonds. The predicted octanol–water partition coefficient (Wildman–Crippen LogP) is 1.05. The van der Waals surface area contributed by atoms with Crippen LogP contribution >= 0.6 is 0 Å². The second kappa shape index (κ2) is 4.82. The van der Waals surface area contributed by atoms with Crippen LogP contribution in [0.4, 0.5) is 5.69 Å². The molecular formula is C11H13N3O4S. The number of hydrogen-bond acceptors (Lipinski definition) is 6. The van der Waals surface area contributed by atoms with E-state index in [9.17, 15) is 13.0 Å². The average Bonchev–Trinajstić information content (AvgIpc) is 2.77. The molecule has 1 unspecified atom stereocenters. The Bertz CT molecular complexity index is 640. The first-order chi connectivity index (χ1) is 8.89. The van der Waals surface area contributed by atoms with Crippen LogP contribution < -0.4 is 4.59 Å². The van der Waals surface area contributed by atoms with E-state index in [1.165, 1.54) is 18.5 Å². The minimum absolute atomic E-state index is 0.103. The fourth-order valence-corrected chi connectivity index (χ4v) is 2.66. The van der Waals surface area contributed by atoms with Crippen LogP contribution in [0.3, 0.4) is 0 Å². The Morgan fingerprint density at radius 2 is 2.16 bits per heavy atom. The van der Waals surface area contributed by atoms with E-state index in [-0.39, 0.29) is 28.3 Å². The molecule has 1 aromatic carbocycles. The number of nitrogens with zero attached hydrogens (tertiary/aromatic N) is 3. The summed E-state index contributed by atoms with van der Waals surface area (Å²) in [6, 6.07) is 4.36. The molecule has 0 saturated carbocycles. The first-order valence-corrected chi connectivity index (χ1v) is 6.96. The molecule has 1 aromatic rings. The highest BCUT2D eigenvalue weighted by molar-refractivity contribution is 7.86. The minimum atomic E-state index is -4.63. The van der Waals surface area contributed by atoms with E-state index in [1.807, 2.05) is 0 Å². The normalized spacial score (nSPS) is 22.1. The summed E-state index contributed by atoms with van der Waals surface area (Å²) in [6.07, 6.45) is 2.93. The summed E-state index contributed by atoms with van der Waals surface area (Å²) in [7, 11) is -4.63. The zero-order valence-electron chi connectivity index (χ0n) is 10.2. The second-order valence-electron chi connectivity index (χ2n) is 4.20. The van der Waals surface area contributed by atoms with Gasteiger partial charge in [-0.1, -0.05) is 6.07 Å². The molecular weight excluding hydrogens is 270 g/mol. The molecule has 0 aliphatic carbocycles. The summed E-state index contributed by atoms with van der Waals surface area (Å²) in [6.45, 7) is 1.65. The third-order valence-corrected chi connectivity index (χ3v) is 3.72. The van der Waals surface area contributed by atoms with Gasteiger partial charge < -0.3 is 9.66 Å². The molecule has 1 aliphatic heterocycles. The molecule has 1 heterocycles. The SMILES string of the molecule is Cc1ccc(S(=O)(=O)[O-])c([N+]2(CCO)C=CN=N2)c1. The molecule has 1 atom stereocenters. The van der Waals surface area contributed by atoms with Crippen LogP contribution in [0.25, 0.3) is 0 Å². The van der Waals surface area contributed by atoms with Gasteiger partial charge in [-0.3, -0.25) is 0 Å². The van der Waals surface area contributed by atoms with Crippen molar-refractivity contribution in [2.24, 2.45) is 10.3 Å². The van der Waals surface area contributed by atoms with Crippen molar-refractivity contribution in [1.29, 1.82) is 0 Å². The molecule has 8 heteroatoms. The molecule has 0 bridgehead atoms. The van der Waals surface area contributed by atoms with Gasteiger partial charge in [0.1, 0.15) is 34.0 Å². The topological polar surface area (TPSA) is 102 Å². The number of hydrogen-bond donors (Lipinski definition) is 1. The smallest absolute Gasteiger partial charge is 0.183 e. The summed E-state index contributed by atoms with van der Waals surface area (Å²) in [5.41, 5.74) is 0.981. The largest absolute Gasteiger partial charge is 0.744 e. The van der Waals surface area contributed by atoms with Crippen LogP contribution in [0.2, 0.25) is 0 Å². The van der Waals surface area contributed by atoms with E-state index in [4.69, 9.17) is 5.11 Å². The fraction of sp³-hybridized carbons (Fsp3) is 0.273. The van der Waals surface area contributed by atoms with Gasteiger partial charge in [-0.25, -0.2) is 8.42 Å². The Labute approximate surface area is 110 Å². The van der Waals surface area contributed by atoms with Gasteiger partial charge in [0.25, 0.3) is 0 Å². The molecule has 1 aliphatic rings. The van der Waals surface area contributed by atoms with E-state index in [2.05, 4.69) is 10.3 Å². The van der Waals surface area contributed by atoms with Gasteiger partial charge in [0.05, 0.1) is 6.61 Å². The quantitative estimate of drug-likeness (QED) is 0.659. The summed E-state index contributed by atoms with van der Waals surface area (Å²) >= 11 is 0. The number of aryl methyl sites for hydroxylation is 1. The van der Waals surface area contributed by atoms with Crippen molar-refractivity contribution in [2.45, 2.75) is 11.8 Å². The van der Waals surface area contributed by atoms with E-state index < -0.39 is 10.1 Å². The van der Waals surface area contributed by atoms with Crippen molar-refractivity contribution in [3.8, 4) is 0 Å². The maximum Gasteiger partial charge on any atom is 0.183 e. The third kappa shape index (κ3) is 2.56. The van der Waals surface area contributed by atoms with Gasteiger partial charge in [-0.15, -0.1) is 9.71 Å². The number of rotatable bonds is 4. The number of aliphatic hydroxyl groups is 1. The van der Waals surface area contributed by atoms with E-state index in [0.29, 0.717) is 0 Å². The first-order valence-electron chi connectivity index (χ1n) is 5.55. The lowest BCUT2D eigenvalue weighted by Gasteiger charge is -2.25. The Morgan fingerprint density at radius 1 is 1.42 bits per heavy atom. The molecule has 0 fully saturated rings. The van der Waals surface area contributed by atoms with Gasteiger partial charge in [-0.2, -0.15) is 0 Å². The second-order valence-corrected chi connectivity index (χ2v) is 5.55. The maximum atomic E-state index is 11.3. The Balaban J connectivity index is 2.70. The first kappa shape index (κ1) is 13.8. The van der Waals surface area contributed by atoms with Crippen LogP contribution in [-0.4, -0.2) is 31.2 Å². The lowest BCUT2D eigenvalue weighted by molar-refractivity contribution is 0.237. The summed E-state index contributed by atoms with van der Waals surface area (Å²) < 4.78 is 33.7. The summed E-state index contributed by atoms with van der Waals surface area (Å²) in [4.78, 5) is -0.350. The minimum Gasteiger partial charge on any atom is -0.744 e. The zero-order chi connectivity index (χ0) is 14.1. The highest BCUT2D eigenvalue weighted by Crippen LogP contribution is 2.35. The van der Waals surface area contributed by atoms with Crippen LogP contribution in [-0.2, 0) is 10.1 Å². The van der Waals surface area contributed by atoms with Crippen LogP contribution in [0, 0.1) is 6.92 Å². The summed E-state index contributed by atoms with van der Waals surface area (Å²) in [5, 5.41) is 16.8. The molecule has 0 spiro atoms.